The van der Waals surface area contributed by atoms with Gasteiger partial charge in [-0.3, -0.25) is 9.78 Å². The molecule has 0 fully saturated rings. The Morgan fingerprint density at radius 2 is 1.05 bits per heavy atom. The normalized spacial score (nSPS) is 10.4. The summed E-state index contributed by atoms with van der Waals surface area (Å²) in [7, 11) is 0.552. The minimum absolute atomic E-state index is 0.0883. The molecule has 0 aliphatic carbocycles. The molecule has 21 heavy (non-hydrogen) atoms. The van der Waals surface area contributed by atoms with Gasteiger partial charge in [0.2, 0.25) is 0 Å². The van der Waals surface area contributed by atoms with Gasteiger partial charge in [0.25, 0.3) is 0 Å². The van der Waals surface area contributed by atoms with Crippen LogP contribution in [-0.2, 0) is 29.3 Å². The van der Waals surface area contributed by atoms with E-state index in [9.17, 15) is 0 Å². The maximum absolute atomic E-state index is 5.15. The Morgan fingerprint density at radius 1 is 0.667 bits per heavy atom. The Morgan fingerprint density at radius 3 is 1.43 bits per heavy atom. The molecule has 0 aromatic rings. The monoisotopic (exact) mass is 322 g/mol. The van der Waals surface area contributed by atoms with E-state index in [1.165, 1.54) is 0 Å². The molecule has 6 nitrogen and oxygen atoms in total. The third-order valence-electron chi connectivity index (χ3n) is 2.48. The maximum Gasteiger partial charge on any atom is 0.387 e. The number of hydrogen-bond donors (Lipinski definition) is 0. The fourth-order valence-corrected chi connectivity index (χ4v) is 1.38. The minimum Gasteiger partial charge on any atom is -0.341 e. The Bertz CT molecular complexity index is 246. The molecule has 0 atom stereocenters. The molecule has 0 heterocycles. The van der Waals surface area contributed by atoms with E-state index in [-0.39, 0.29) is 5.95 Å². The first-order valence-corrected chi connectivity index (χ1v) is 8.85. The van der Waals surface area contributed by atoms with Crippen molar-refractivity contribution in [2.45, 2.75) is 59.3 Å². The van der Waals surface area contributed by atoms with Crippen molar-refractivity contribution in [2.24, 2.45) is 0 Å². The SMILES string of the molecule is CCCCOOC([SiH3])=C(OOCCCC)OOCCCC. The summed E-state index contributed by atoms with van der Waals surface area (Å²) in [6, 6.07) is 0. The highest BCUT2D eigenvalue weighted by atomic mass is 28.1. The van der Waals surface area contributed by atoms with Crippen LogP contribution in [-0.4, -0.2) is 30.1 Å². The van der Waals surface area contributed by atoms with Crippen LogP contribution in [0, 0.1) is 0 Å². The van der Waals surface area contributed by atoms with Gasteiger partial charge in [-0.15, -0.1) is 0 Å². The zero-order valence-electron chi connectivity index (χ0n) is 13.8. The van der Waals surface area contributed by atoms with Crippen molar-refractivity contribution in [3.8, 4) is 0 Å². The second kappa shape index (κ2) is 15.6. The molecule has 0 bridgehead atoms. The van der Waals surface area contributed by atoms with E-state index in [0.717, 1.165) is 38.5 Å². The number of hydrogen-bond acceptors (Lipinski definition) is 6. The van der Waals surface area contributed by atoms with Crippen LogP contribution < -0.4 is 0 Å². The second-order valence-electron chi connectivity index (χ2n) is 4.62. The molecule has 0 aliphatic rings. The third-order valence-corrected chi connectivity index (χ3v) is 3.06. The van der Waals surface area contributed by atoms with Crippen molar-refractivity contribution in [3.05, 3.63) is 11.3 Å². The fraction of sp³-hybridized carbons (Fsp3) is 0.857. The summed E-state index contributed by atoms with van der Waals surface area (Å²) in [6.45, 7) is 7.75. The predicted molar refractivity (Wildman–Crippen MR) is 82.8 cm³/mol. The van der Waals surface area contributed by atoms with Crippen molar-refractivity contribution < 1.29 is 29.3 Å². The van der Waals surface area contributed by atoms with Gasteiger partial charge in [-0.05, 0) is 19.3 Å². The summed E-state index contributed by atoms with van der Waals surface area (Å²) in [5.41, 5.74) is 0. The van der Waals surface area contributed by atoms with E-state index in [0.29, 0.717) is 35.4 Å². The fourth-order valence-electron chi connectivity index (χ4n) is 1.10. The van der Waals surface area contributed by atoms with Crippen LogP contribution in [0.2, 0.25) is 0 Å². The summed E-state index contributed by atoms with van der Waals surface area (Å²) in [5.74, 6) is 0.0883. The molecule has 0 spiro atoms. The molecule has 0 aliphatic heterocycles. The first-order valence-electron chi connectivity index (χ1n) is 7.85. The highest BCUT2D eigenvalue weighted by molar-refractivity contribution is 6.20. The van der Waals surface area contributed by atoms with E-state index in [2.05, 4.69) is 20.8 Å². The summed E-state index contributed by atoms with van der Waals surface area (Å²) in [4.78, 5) is 30.6. The molecular weight excluding hydrogens is 292 g/mol. The van der Waals surface area contributed by atoms with E-state index in [4.69, 9.17) is 29.3 Å². The van der Waals surface area contributed by atoms with Gasteiger partial charge in [0.1, 0.15) is 0 Å². The van der Waals surface area contributed by atoms with Crippen LogP contribution in [0.4, 0.5) is 0 Å². The standard InChI is InChI=1S/C14H30O6Si/c1-4-7-10-15-18-13(19-16-11-8-5-2)14(21)20-17-12-9-6-3/h4-12H2,1-3,21H3. The lowest BCUT2D eigenvalue weighted by atomic mass is 10.4. The first kappa shape index (κ1) is 20.2. The molecule has 126 valence electrons. The van der Waals surface area contributed by atoms with E-state index in [1.807, 2.05) is 0 Å². The van der Waals surface area contributed by atoms with Gasteiger partial charge in [-0.1, -0.05) is 40.0 Å². The Balaban J connectivity index is 4.16. The Kier molecular flexibility index (Phi) is 15.1. The molecule has 0 radical (unpaired) electrons. The molecule has 0 unspecified atom stereocenters. The second-order valence-corrected chi connectivity index (χ2v) is 5.53. The molecule has 0 saturated carbocycles. The van der Waals surface area contributed by atoms with E-state index >= 15 is 0 Å². The lowest BCUT2D eigenvalue weighted by molar-refractivity contribution is -0.377. The lowest BCUT2D eigenvalue weighted by Gasteiger charge is -2.12. The largest absolute Gasteiger partial charge is 0.387 e. The van der Waals surface area contributed by atoms with E-state index < -0.39 is 0 Å². The van der Waals surface area contributed by atoms with Gasteiger partial charge in [-0.2, -0.15) is 14.7 Å². The molecule has 0 saturated heterocycles. The lowest BCUT2D eigenvalue weighted by Crippen LogP contribution is -2.09. The maximum atomic E-state index is 5.15. The predicted octanol–water partition coefficient (Wildman–Crippen LogP) is 2.72. The van der Waals surface area contributed by atoms with Gasteiger partial charge >= 0.3 is 5.95 Å². The highest BCUT2D eigenvalue weighted by Crippen LogP contribution is 2.10. The average Bonchev–Trinajstić information content (AvgIpc) is 2.49. The number of unbranched alkanes of at least 4 members (excludes halogenated alkanes) is 3. The van der Waals surface area contributed by atoms with Crippen LogP contribution in [0.25, 0.3) is 0 Å². The van der Waals surface area contributed by atoms with Crippen molar-refractivity contribution in [1.82, 2.24) is 0 Å². The average molecular weight is 322 g/mol. The van der Waals surface area contributed by atoms with Crippen molar-refractivity contribution in [2.75, 3.05) is 19.8 Å². The smallest absolute Gasteiger partial charge is 0.341 e. The summed E-state index contributed by atoms with van der Waals surface area (Å²) in [6.07, 6.45) is 5.86. The molecule has 0 rings (SSSR count). The molecule has 0 aromatic carbocycles. The van der Waals surface area contributed by atoms with Gasteiger partial charge in [-0.25, -0.2) is 0 Å². The van der Waals surface area contributed by atoms with Crippen LogP contribution in [0.15, 0.2) is 11.3 Å². The van der Waals surface area contributed by atoms with Crippen LogP contribution in [0.3, 0.4) is 0 Å². The molecule has 0 N–H and O–H groups in total. The minimum atomic E-state index is 0.0883. The van der Waals surface area contributed by atoms with Gasteiger partial charge in [0, 0.05) is 0 Å². The van der Waals surface area contributed by atoms with Crippen LogP contribution >= 0.6 is 0 Å². The summed E-state index contributed by atoms with van der Waals surface area (Å²) >= 11 is 0. The molecule has 0 aromatic heterocycles. The molecule has 0 amide bonds. The van der Waals surface area contributed by atoms with Crippen molar-refractivity contribution >= 4 is 10.2 Å². The van der Waals surface area contributed by atoms with Crippen LogP contribution in [0.1, 0.15) is 59.3 Å². The summed E-state index contributed by atoms with van der Waals surface area (Å²) in [5, 5.41) is 0.458. The highest BCUT2D eigenvalue weighted by Gasteiger charge is 2.12. The quantitative estimate of drug-likeness (QED) is 0.152. The van der Waals surface area contributed by atoms with Crippen LogP contribution in [0.5, 0.6) is 0 Å². The van der Waals surface area contributed by atoms with Crippen molar-refractivity contribution in [3.63, 3.8) is 0 Å². The Labute approximate surface area is 130 Å². The topological polar surface area (TPSA) is 55.4 Å². The van der Waals surface area contributed by atoms with Gasteiger partial charge in [0.05, 0.1) is 30.1 Å². The molecular formula is C14H30O6Si. The zero-order chi connectivity index (χ0) is 15.8. The number of rotatable bonds is 15. The van der Waals surface area contributed by atoms with Gasteiger partial charge < -0.3 is 4.89 Å². The summed E-state index contributed by atoms with van der Waals surface area (Å²) < 4.78 is 0. The zero-order valence-corrected chi connectivity index (χ0v) is 15.8. The first-order chi connectivity index (χ1) is 10.3. The van der Waals surface area contributed by atoms with Gasteiger partial charge in [0.15, 0.2) is 5.38 Å². The molecule has 7 heteroatoms. The third kappa shape index (κ3) is 12.7. The Hall–Kier alpha value is -0.763. The van der Waals surface area contributed by atoms with Crippen molar-refractivity contribution in [1.29, 1.82) is 0 Å². The van der Waals surface area contributed by atoms with E-state index in [1.54, 1.807) is 0 Å².